The topological polar surface area (TPSA) is 86.3 Å². The lowest BCUT2D eigenvalue weighted by Crippen LogP contribution is -2.26. The zero-order chi connectivity index (χ0) is 28.1. The molecule has 0 saturated heterocycles. The van der Waals surface area contributed by atoms with Crippen LogP contribution in [0.15, 0.2) is 36.4 Å². The van der Waals surface area contributed by atoms with Gasteiger partial charge in [0, 0.05) is 29.7 Å². The molecular formula is C33H48N2O4. The summed E-state index contributed by atoms with van der Waals surface area (Å²) in [5, 5.41) is 23.5. The van der Waals surface area contributed by atoms with E-state index >= 15 is 0 Å². The zero-order valence-corrected chi connectivity index (χ0v) is 24.2. The van der Waals surface area contributed by atoms with Crippen molar-refractivity contribution in [3.8, 4) is 11.1 Å². The minimum atomic E-state index is -0.410. The van der Waals surface area contributed by atoms with Crippen molar-refractivity contribution in [2.75, 3.05) is 0 Å². The molecule has 1 aliphatic rings. The third-order valence-electron chi connectivity index (χ3n) is 8.66. The van der Waals surface area contributed by atoms with Crippen LogP contribution in [0, 0.1) is 20.2 Å². The molecule has 214 valence electrons. The number of nitro groups is 2. The molecule has 0 aliphatic heterocycles. The van der Waals surface area contributed by atoms with Gasteiger partial charge in [-0.05, 0) is 47.2 Å². The molecule has 0 bridgehead atoms. The van der Waals surface area contributed by atoms with Crippen molar-refractivity contribution < 1.29 is 9.85 Å². The summed E-state index contributed by atoms with van der Waals surface area (Å²) >= 11 is 0. The van der Waals surface area contributed by atoms with Crippen molar-refractivity contribution in [2.45, 2.75) is 135 Å². The molecule has 0 fully saturated rings. The third-order valence-corrected chi connectivity index (χ3v) is 8.66. The molecule has 0 atom stereocenters. The Kier molecular flexibility index (Phi) is 12.4. The lowest BCUT2D eigenvalue weighted by atomic mass is 9.70. The Morgan fingerprint density at radius 1 is 0.538 bits per heavy atom. The van der Waals surface area contributed by atoms with Gasteiger partial charge in [0.15, 0.2) is 0 Å². The van der Waals surface area contributed by atoms with Crippen molar-refractivity contribution in [3.63, 3.8) is 0 Å². The SMILES string of the molecule is CCCCCCCCCCC1(CCCCCCCCCC)c2cc([N+](=O)[O-])ccc2-c2ccc([N+](=O)[O-])cc21. The van der Waals surface area contributed by atoms with Gasteiger partial charge in [0.2, 0.25) is 0 Å². The van der Waals surface area contributed by atoms with Gasteiger partial charge in [-0.3, -0.25) is 20.2 Å². The number of fused-ring (bicyclic) bond motifs is 3. The van der Waals surface area contributed by atoms with Crippen LogP contribution in [0.2, 0.25) is 0 Å². The fourth-order valence-corrected chi connectivity index (χ4v) is 6.48. The lowest BCUT2D eigenvalue weighted by Gasteiger charge is -2.32. The number of hydrogen-bond donors (Lipinski definition) is 0. The smallest absolute Gasteiger partial charge is 0.258 e. The number of non-ortho nitro benzene ring substituents is 2. The normalized spacial score (nSPS) is 13.3. The highest BCUT2D eigenvalue weighted by Gasteiger charge is 2.44. The number of rotatable bonds is 20. The molecular weight excluding hydrogens is 488 g/mol. The standard InChI is InChI=1S/C33H48N2O4/c1-3-5-7-9-11-13-15-17-23-33(24-18-16-14-12-10-8-6-4-2)31-25-27(34(36)37)19-21-29(31)30-22-20-28(35(38)39)26-32(30)33/h19-22,25-26H,3-18,23-24H2,1-2H3. The number of hydrogen-bond acceptors (Lipinski definition) is 4. The van der Waals surface area contributed by atoms with Gasteiger partial charge in [0.05, 0.1) is 9.85 Å². The maximum Gasteiger partial charge on any atom is 0.269 e. The summed E-state index contributed by atoms with van der Waals surface area (Å²) in [5.74, 6) is 0. The van der Waals surface area contributed by atoms with Crippen LogP contribution in [-0.2, 0) is 5.41 Å². The Balaban J connectivity index is 1.85. The summed E-state index contributed by atoms with van der Waals surface area (Å²) in [6, 6.07) is 10.4. The van der Waals surface area contributed by atoms with Gasteiger partial charge in [0.25, 0.3) is 11.4 Å². The summed E-state index contributed by atoms with van der Waals surface area (Å²) in [6.45, 7) is 4.47. The molecule has 0 saturated carbocycles. The first-order valence-electron chi connectivity index (χ1n) is 15.5. The van der Waals surface area contributed by atoms with Crippen LogP contribution in [0.3, 0.4) is 0 Å². The Morgan fingerprint density at radius 2 is 0.872 bits per heavy atom. The molecule has 3 rings (SSSR count). The van der Waals surface area contributed by atoms with E-state index in [4.69, 9.17) is 0 Å². The summed E-state index contributed by atoms with van der Waals surface area (Å²) in [6.07, 6.45) is 21.2. The van der Waals surface area contributed by atoms with E-state index in [-0.39, 0.29) is 21.2 Å². The Bertz CT molecular complexity index is 996. The highest BCUT2D eigenvalue weighted by molar-refractivity contribution is 5.83. The van der Waals surface area contributed by atoms with Crippen LogP contribution in [0.25, 0.3) is 11.1 Å². The van der Waals surface area contributed by atoms with E-state index in [2.05, 4.69) is 13.8 Å². The molecule has 2 aromatic rings. The molecule has 2 aromatic carbocycles. The highest BCUT2D eigenvalue weighted by atomic mass is 16.6. The summed E-state index contributed by atoms with van der Waals surface area (Å²) in [4.78, 5) is 22.9. The van der Waals surface area contributed by atoms with Crippen LogP contribution in [0.5, 0.6) is 0 Å². The van der Waals surface area contributed by atoms with E-state index < -0.39 is 5.41 Å². The summed E-state index contributed by atoms with van der Waals surface area (Å²) < 4.78 is 0. The molecule has 0 radical (unpaired) electrons. The molecule has 0 spiro atoms. The average molecular weight is 537 g/mol. The molecule has 0 N–H and O–H groups in total. The molecule has 6 heteroatoms. The van der Waals surface area contributed by atoms with Gasteiger partial charge in [-0.1, -0.05) is 117 Å². The molecule has 6 nitrogen and oxygen atoms in total. The molecule has 0 amide bonds. The molecule has 1 aliphatic carbocycles. The van der Waals surface area contributed by atoms with E-state index in [0.717, 1.165) is 60.8 Å². The molecule has 0 unspecified atom stereocenters. The van der Waals surface area contributed by atoms with E-state index in [1.807, 2.05) is 12.1 Å². The quantitative estimate of drug-likeness (QED) is 0.0956. The maximum atomic E-state index is 11.8. The fraction of sp³-hybridized carbons (Fsp3) is 0.636. The number of benzene rings is 2. The third kappa shape index (κ3) is 8.12. The predicted octanol–water partition coefficient (Wildman–Crippen LogP) is 10.8. The van der Waals surface area contributed by atoms with E-state index in [9.17, 15) is 20.2 Å². The van der Waals surface area contributed by atoms with Crippen molar-refractivity contribution in [1.29, 1.82) is 0 Å². The summed E-state index contributed by atoms with van der Waals surface area (Å²) in [5.41, 5.74) is 3.80. The second-order valence-corrected chi connectivity index (χ2v) is 11.5. The van der Waals surface area contributed by atoms with Crippen LogP contribution < -0.4 is 0 Å². The first kappa shape index (κ1) is 30.8. The van der Waals surface area contributed by atoms with Crippen molar-refractivity contribution in [2.24, 2.45) is 0 Å². The van der Waals surface area contributed by atoms with Gasteiger partial charge in [-0.25, -0.2) is 0 Å². The number of unbranched alkanes of at least 4 members (excludes halogenated alkanes) is 14. The van der Waals surface area contributed by atoms with Gasteiger partial charge in [-0.15, -0.1) is 0 Å². The largest absolute Gasteiger partial charge is 0.269 e. The minimum absolute atomic E-state index is 0.104. The lowest BCUT2D eigenvalue weighted by molar-refractivity contribution is -0.385. The fourth-order valence-electron chi connectivity index (χ4n) is 6.48. The van der Waals surface area contributed by atoms with Crippen molar-refractivity contribution in [3.05, 3.63) is 67.8 Å². The van der Waals surface area contributed by atoms with E-state index in [0.29, 0.717) is 0 Å². The van der Waals surface area contributed by atoms with E-state index in [1.54, 1.807) is 24.3 Å². The Hall–Kier alpha value is -2.76. The van der Waals surface area contributed by atoms with Crippen LogP contribution in [0.1, 0.15) is 141 Å². The van der Waals surface area contributed by atoms with E-state index in [1.165, 1.54) is 77.0 Å². The van der Waals surface area contributed by atoms with Gasteiger partial charge in [-0.2, -0.15) is 0 Å². The predicted molar refractivity (Wildman–Crippen MR) is 160 cm³/mol. The summed E-state index contributed by atoms with van der Waals surface area (Å²) in [7, 11) is 0. The van der Waals surface area contributed by atoms with Crippen LogP contribution >= 0.6 is 0 Å². The van der Waals surface area contributed by atoms with Crippen LogP contribution in [-0.4, -0.2) is 9.85 Å². The monoisotopic (exact) mass is 536 g/mol. The van der Waals surface area contributed by atoms with Gasteiger partial charge in [0.1, 0.15) is 0 Å². The first-order chi connectivity index (χ1) is 18.9. The second kappa shape index (κ2) is 15.7. The molecule has 0 heterocycles. The van der Waals surface area contributed by atoms with Crippen LogP contribution in [0.4, 0.5) is 11.4 Å². The number of nitrogens with zero attached hydrogens (tertiary/aromatic N) is 2. The maximum absolute atomic E-state index is 11.8. The van der Waals surface area contributed by atoms with Crippen molar-refractivity contribution >= 4 is 11.4 Å². The Labute approximate surface area is 234 Å². The zero-order valence-electron chi connectivity index (χ0n) is 24.2. The minimum Gasteiger partial charge on any atom is -0.258 e. The average Bonchev–Trinajstić information content (AvgIpc) is 3.20. The second-order valence-electron chi connectivity index (χ2n) is 11.5. The van der Waals surface area contributed by atoms with Gasteiger partial charge < -0.3 is 0 Å². The van der Waals surface area contributed by atoms with Crippen molar-refractivity contribution in [1.82, 2.24) is 0 Å². The molecule has 39 heavy (non-hydrogen) atoms. The molecule has 0 aromatic heterocycles. The highest BCUT2D eigenvalue weighted by Crippen LogP contribution is 2.55. The Morgan fingerprint density at radius 3 is 1.21 bits per heavy atom. The first-order valence-corrected chi connectivity index (χ1v) is 15.5. The van der Waals surface area contributed by atoms with Gasteiger partial charge >= 0.3 is 0 Å². The number of nitro benzene ring substituents is 2.